The van der Waals surface area contributed by atoms with E-state index in [1.807, 2.05) is 10.8 Å². The van der Waals surface area contributed by atoms with Crippen molar-refractivity contribution in [1.82, 2.24) is 4.72 Å². The number of hydrogen-bond acceptors (Lipinski definition) is 4. The number of anilines is 1. The van der Waals surface area contributed by atoms with Crippen LogP contribution >= 0.6 is 0 Å². The van der Waals surface area contributed by atoms with Gasteiger partial charge in [-0.3, -0.25) is 0 Å². The predicted molar refractivity (Wildman–Crippen MR) is 76.9 cm³/mol. The van der Waals surface area contributed by atoms with Crippen molar-refractivity contribution in [2.45, 2.75) is 4.90 Å². The standard InChI is InChI=1S/C14H11N3O3S/c15-10-11-6-8-12(9-7-11)16-14(18)17-21(19,20)13-4-2-1-3-5-13/h1-9H,(H2,16,17,18). The summed E-state index contributed by atoms with van der Waals surface area (Å²) in [6.07, 6.45) is 0. The molecule has 0 radical (unpaired) electrons. The van der Waals surface area contributed by atoms with Gasteiger partial charge in [0.25, 0.3) is 10.0 Å². The zero-order valence-electron chi connectivity index (χ0n) is 10.8. The third-order valence-corrected chi connectivity index (χ3v) is 3.90. The molecule has 106 valence electrons. The van der Waals surface area contributed by atoms with Gasteiger partial charge >= 0.3 is 6.03 Å². The van der Waals surface area contributed by atoms with E-state index in [1.54, 1.807) is 18.2 Å². The third kappa shape index (κ3) is 3.81. The largest absolute Gasteiger partial charge is 0.333 e. The predicted octanol–water partition coefficient (Wildman–Crippen LogP) is 2.07. The SMILES string of the molecule is N#Cc1ccc(NC(=O)NS(=O)(=O)c2ccccc2)cc1. The fraction of sp³-hybridized carbons (Fsp3) is 0. The maximum Gasteiger partial charge on any atom is 0.333 e. The van der Waals surface area contributed by atoms with Crippen LogP contribution in [0, 0.1) is 11.3 Å². The van der Waals surface area contributed by atoms with Gasteiger partial charge < -0.3 is 5.32 Å². The Morgan fingerprint density at radius 1 is 1.00 bits per heavy atom. The number of nitrogens with zero attached hydrogens (tertiary/aromatic N) is 1. The number of carbonyl (C=O) groups is 1. The minimum atomic E-state index is -3.91. The molecule has 0 aliphatic heterocycles. The molecule has 2 rings (SSSR count). The molecule has 0 atom stereocenters. The molecule has 0 aliphatic rings. The molecule has 0 saturated carbocycles. The van der Waals surface area contributed by atoms with E-state index in [0.717, 1.165) is 0 Å². The molecule has 0 aliphatic carbocycles. The first kappa shape index (κ1) is 14.6. The van der Waals surface area contributed by atoms with Crippen LogP contribution in [0.1, 0.15) is 5.56 Å². The van der Waals surface area contributed by atoms with Crippen LogP contribution in [-0.2, 0) is 10.0 Å². The fourth-order valence-corrected chi connectivity index (χ4v) is 2.49. The molecule has 0 aromatic heterocycles. The van der Waals surface area contributed by atoms with Crippen molar-refractivity contribution in [3.05, 3.63) is 60.2 Å². The van der Waals surface area contributed by atoms with Gasteiger partial charge in [0.15, 0.2) is 0 Å². The molecule has 2 aromatic carbocycles. The molecule has 0 unspecified atom stereocenters. The van der Waals surface area contributed by atoms with Crippen molar-refractivity contribution in [3.8, 4) is 6.07 Å². The molecule has 2 N–H and O–H groups in total. The van der Waals surface area contributed by atoms with Crippen LogP contribution in [0.25, 0.3) is 0 Å². The van der Waals surface area contributed by atoms with Gasteiger partial charge in [0.2, 0.25) is 0 Å². The molecule has 7 heteroatoms. The first-order valence-corrected chi connectivity index (χ1v) is 7.38. The van der Waals surface area contributed by atoms with Crippen LogP contribution in [-0.4, -0.2) is 14.4 Å². The number of carbonyl (C=O) groups excluding carboxylic acids is 1. The highest BCUT2D eigenvalue weighted by Gasteiger charge is 2.16. The minimum absolute atomic E-state index is 0.0000200. The van der Waals surface area contributed by atoms with Gasteiger partial charge in [-0.2, -0.15) is 5.26 Å². The van der Waals surface area contributed by atoms with Gasteiger partial charge in [0, 0.05) is 5.69 Å². The van der Waals surface area contributed by atoms with Gasteiger partial charge in [0.1, 0.15) is 0 Å². The molecule has 0 heterocycles. The molecule has 0 fully saturated rings. The van der Waals surface area contributed by atoms with Crippen molar-refractivity contribution in [3.63, 3.8) is 0 Å². The molecule has 0 saturated heterocycles. The summed E-state index contributed by atoms with van der Waals surface area (Å²) in [5.41, 5.74) is 0.827. The van der Waals surface area contributed by atoms with Crippen LogP contribution in [0.15, 0.2) is 59.5 Å². The summed E-state index contributed by atoms with van der Waals surface area (Å²) in [6.45, 7) is 0. The summed E-state index contributed by atoms with van der Waals surface area (Å²) in [6, 6.07) is 14.7. The lowest BCUT2D eigenvalue weighted by atomic mass is 10.2. The Bertz CT molecular complexity index is 778. The molecule has 2 aromatic rings. The van der Waals surface area contributed by atoms with Crippen LogP contribution in [0.2, 0.25) is 0 Å². The number of sulfonamides is 1. The Labute approximate surface area is 122 Å². The van der Waals surface area contributed by atoms with Crippen LogP contribution in [0.4, 0.5) is 10.5 Å². The van der Waals surface area contributed by atoms with Gasteiger partial charge in [-0.05, 0) is 36.4 Å². The van der Waals surface area contributed by atoms with E-state index in [-0.39, 0.29) is 4.90 Å². The highest BCUT2D eigenvalue weighted by atomic mass is 32.2. The summed E-state index contributed by atoms with van der Waals surface area (Å²) in [4.78, 5) is 11.7. The highest BCUT2D eigenvalue weighted by Crippen LogP contribution is 2.10. The van der Waals surface area contributed by atoms with E-state index in [4.69, 9.17) is 5.26 Å². The molecule has 6 nitrogen and oxygen atoms in total. The summed E-state index contributed by atoms with van der Waals surface area (Å²) in [7, 11) is -3.91. The maximum atomic E-state index is 11.9. The van der Waals surface area contributed by atoms with E-state index in [9.17, 15) is 13.2 Å². The molecule has 2 amide bonds. The average molecular weight is 301 g/mol. The molecular formula is C14H11N3O3S. The van der Waals surface area contributed by atoms with Crippen LogP contribution < -0.4 is 10.0 Å². The number of hydrogen-bond donors (Lipinski definition) is 2. The van der Waals surface area contributed by atoms with Gasteiger partial charge in [-0.1, -0.05) is 18.2 Å². The lowest BCUT2D eigenvalue weighted by Crippen LogP contribution is -2.34. The van der Waals surface area contributed by atoms with E-state index in [0.29, 0.717) is 11.3 Å². The van der Waals surface area contributed by atoms with Crippen molar-refractivity contribution >= 4 is 21.7 Å². The second kappa shape index (κ2) is 6.07. The molecule has 0 bridgehead atoms. The number of rotatable bonds is 3. The Kier molecular flexibility index (Phi) is 4.21. The van der Waals surface area contributed by atoms with Crippen molar-refractivity contribution in [1.29, 1.82) is 5.26 Å². The third-order valence-electron chi connectivity index (χ3n) is 2.55. The highest BCUT2D eigenvalue weighted by molar-refractivity contribution is 7.90. The molecular weight excluding hydrogens is 290 g/mol. The van der Waals surface area contributed by atoms with Crippen LogP contribution in [0.3, 0.4) is 0 Å². The normalized spacial score (nSPS) is 10.4. The number of nitriles is 1. The second-order valence-electron chi connectivity index (χ2n) is 4.06. The van der Waals surface area contributed by atoms with E-state index < -0.39 is 16.1 Å². The summed E-state index contributed by atoms with van der Waals surface area (Å²) < 4.78 is 25.7. The zero-order valence-corrected chi connectivity index (χ0v) is 11.6. The smallest absolute Gasteiger partial charge is 0.307 e. The number of nitrogens with one attached hydrogen (secondary N) is 2. The quantitative estimate of drug-likeness (QED) is 0.906. The van der Waals surface area contributed by atoms with E-state index in [2.05, 4.69) is 5.32 Å². The Morgan fingerprint density at radius 2 is 1.62 bits per heavy atom. The van der Waals surface area contributed by atoms with Crippen molar-refractivity contribution in [2.75, 3.05) is 5.32 Å². The monoisotopic (exact) mass is 301 g/mol. The number of benzene rings is 2. The van der Waals surface area contributed by atoms with Gasteiger partial charge in [0.05, 0.1) is 16.5 Å². The van der Waals surface area contributed by atoms with Crippen molar-refractivity contribution < 1.29 is 13.2 Å². The van der Waals surface area contributed by atoms with Crippen molar-refractivity contribution in [2.24, 2.45) is 0 Å². The summed E-state index contributed by atoms with van der Waals surface area (Å²) >= 11 is 0. The topological polar surface area (TPSA) is 99.1 Å². The van der Waals surface area contributed by atoms with Gasteiger partial charge in [-0.25, -0.2) is 17.9 Å². The number of urea groups is 1. The number of amides is 2. The lowest BCUT2D eigenvalue weighted by molar-refractivity contribution is 0.256. The minimum Gasteiger partial charge on any atom is -0.307 e. The first-order chi connectivity index (χ1) is 10.0. The van der Waals surface area contributed by atoms with Gasteiger partial charge in [-0.15, -0.1) is 0 Å². The Balaban J connectivity index is 2.06. The Morgan fingerprint density at radius 3 is 2.19 bits per heavy atom. The Hall–Kier alpha value is -2.85. The maximum absolute atomic E-state index is 11.9. The molecule has 21 heavy (non-hydrogen) atoms. The first-order valence-electron chi connectivity index (χ1n) is 5.90. The summed E-state index contributed by atoms with van der Waals surface area (Å²) in [5.74, 6) is 0. The second-order valence-corrected chi connectivity index (χ2v) is 5.74. The summed E-state index contributed by atoms with van der Waals surface area (Å²) in [5, 5.41) is 11.0. The molecule has 0 spiro atoms. The van der Waals surface area contributed by atoms with E-state index >= 15 is 0 Å². The average Bonchev–Trinajstić information content (AvgIpc) is 2.48. The zero-order chi connectivity index (χ0) is 15.3. The lowest BCUT2D eigenvalue weighted by Gasteiger charge is -2.08. The fourth-order valence-electron chi connectivity index (χ4n) is 1.57. The van der Waals surface area contributed by atoms with E-state index in [1.165, 1.54) is 36.4 Å². The van der Waals surface area contributed by atoms with Crippen LogP contribution in [0.5, 0.6) is 0 Å².